The van der Waals surface area contributed by atoms with Crippen LogP contribution in [0.4, 0.5) is 5.00 Å². The van der Waals surface area contributed by atoms with Crippen LogP contribution in [0.25, 0.3) is 0 Å². The highest BCUT2D eigenvalue weighted by Gasteiger charge is 2.13. The zero-order chi connectivity index (χ0) is 12.4. The van der Waals surface area contributed by atoms with E-state index in [9.17, 15) is 0 Å². The SMILES string of the molecule is Cc1cc(C)c(C(C)Nc2cnns2)c(C)n1. The minimum absolute atomic E-state index is 0.213. The Morgan fingerprint density at radius 2 is 2.06 bits per heavy atom. The van der Waals surface area contributed by atoms with E-state index in [1.807, 2.05) is 6.92 Å². The first kappa shape index (κ1) is 12.0. The molecule has 0 spiro atoms. The first-order valence-electron chi connectivity index (χ1n) is 5.56. The normalized spacial score (nSPS) is 12.5. The van der Waals surface area contributed by atoms with Crippen LogP contribution in [-0.2, 0) is 0 Å². The summed E-state index contributed by atoms with van der Waals surface area (Å²) in [4.78, 5) is 4.52. The fraction of sp³-hybridized carbons (Fsp3) is 0.417. The Hall–Kier alpha value is -1.49. The minimum Gasteiger partial charge on any atom is -0.368 e. The molecule has 2 aromatic heterocycles. The van der Waals surface area contributed by atoms with Crippen molar-refractivity contribution in [1.82, 2.24) is 14.6 Å². The smallest absolute Gasteiger partial charge is 0.130 e. The molecule has 1 atom stereocenters. The topological polar surface area (TPSA) is 50.7 Å². The number of aryl methyl sites for hydroxylation is 3. The van der Waals surface area contributed by atoms with Crippen LogP contribution in [0, 0.1) is 20.8 Å². The fourth-order valence-corrected chi connectivity index (χ4v) is 2.71. The van der Waals surface area contributed by atoms with Crippen molar-refractivity contribution in [2.24, 2.45) is 0 Å². The molecule has 4 nitrogen and oxygen atoms in total. The lowest BCUT2D eigenvalue weighted by molar-refractivity contribution is 0.845. The molecule has 0 saturated heterocycles. The Bertz CT molecular complexity index is 484. The molecular formula is C12H16N4S. The number of pyridine rings is 1. The predicted octanol–water partition coefficient (Wildman–Crippen LogP) is 3.03. The van der Waals surface area contributed by atoms with E-state index < -0.39 is 0 Å². The number of anilines is 1. The molecule has 90 valence electrons. The average Bonchev–Trinajstić information content (AvgIpc) is 2.68. The molecule has 0 aliphatic carbocycles. The van der Waals surface area contributed by atoms with E-state index in [1.165, 1.54) is 22.7 Å². The Kier molecular flexibility index (Phi) is 3.38. The summed E-state index contributed by atoms with van der Waals surface area (Å²) in [6, 6.07) is 2.33. The highest BCUT2D eigenvalue weighted by atomic mass is 32.1. The van der Waals surface area contributed by atoms with Crippen LogP contribution in [0.1, 0.15) is 35.5 Å². The molecule has 0 saturated carbocycles. The molecule has 0 aliphatic rings. The Morgan fingerprint density at radius 1 is 1.29 bits per heavy atom. The molecule has 2 aromatic rings. The summed E-state index contributed by atoms with van der Waals surface area (Å²) in [7, 11) is 0. The van der Waals surface area contributed by atoms with Gasteiger partial charge in [-0.2, -0.15) is 0 Å². The Morgan fingerprint density at radius 3 is 2.65 bits per heavy atom. The van der Waals surface area contributed by atoms with Crippen LogP contribution in [0.2, 0.25) is 0 Å². The van der Waals surface area contributed by atoms with Gasteiger partial charge in [-0.1, -0.05) is 4.49 Å². The summed E-state index contributed by atoms with van der Waals surface area (Å²) in [5, 5.41) is 8.19. The van der Waals surface area contributed by atoms with E-state index >= 15 is 0 Å². The van der Waals surface area contributed by atoms with Crippen molar-refractivity contribution in [3.05, 3.63) is 34.8 Å². The van der Waals surface area contributed by atoms with Gasteiger partial charge in [0.25, 0.3) is 0 Å². The van der Waals surface area contributed by atoms with E-state index in [1.54, 1.807) is 6.20 Å². The van der Waals surface area contributed by atoms with Gasteiger partial charge in [0, 0.05) is 22.9 Å². The van der Waals surface area contributed by atoms with Gasteiger partial charge in [-0.25, -0.2) is 0 Å². The standard InChI is InChI=1S/C12H16N4S/c1-7-5-8(2)14-9(3)12(7)10(4)15-11-6-13-16-17-11/h5-6,10,15H,1-4H3. The fourth-order valence-electron chi connectivity index (χ4n) is 2.20. The molecule has 0 bridgehead atoms. The molecule has 0 fully saturated rings. The number of aromatic nitrogens is 3. The Balaban J connectivity index is 2.27. The van der Waals surface area contributed by atoms with E-state index in [0.29, 0.717) is 0 Å². The van der Waals surface area contributed by atoms with E-state index in [2.05, 4.69) is 46.7 Å². The molecule has 0 amide bonds. The summed E-state index contributed by atoms with van der Waals surface area (Å²) < 4.78 is 3.84. The second-order valence-electron chi connectivity index (χ2n) is 4.23. The van der Waals surface area contributed by atoms with Crippen LogP contribution < -0.4 is 5.32 Å². The van der Waals surface area contributed by atoms with Crippen LogP contribution >= 0.6 is 11.5 Å². The molecule has 2 rings (SSSR count). The molecule has 0 aromatic carbocycles. The molecular weight excluding hydrogens is 232 g/mol. The van der Waals surface area contributed by atoms with Gasteiger partial charge in [0.2, 0.25) is 0 Å². The number of hydrogen-bond donors (Lipinski definition) is 1. The molecule has 5 heteroatoms. The quantitative estimate of drug-likeness (QED) is 0.907. The minimum atomic E-state index is 0.213. The molecule has 0 aliphatic heterocycles. The van der Waals surface area contributed by atoms with Crippen LogP contribution in [0.5, 0.6) is 0 Å². The monoisotopic (exact) mass is 248 g/mol. The van der Waals surface area contributed by atoms with Crippen molar-refractivity contribution in [1.29, 1.82) is 0 Å². The molecule has 17 heavy (non-hydrogen) atoms. The van der Waals surface area contributed by atoms with Crippen molar-refractivity contribution in [2.45, 2.75) is 33.7 Å². The first-order valence-corrected chi connectivity index (χ1v) is 6.34. The Labute approximate surface area is 105 Å². The molecule has 2 heterocycles. The first-order chi connectivity index (χ1) is 8.08. The maximum Gasteiger partial charge on any atom is 0.130 e. The van der Waals surface area contributed by atoms with Gasteiger partial charge in [-0.05, 0) is 44.9 Å². The summed E-state index contributed by atoms with van der Waals surface area (Å²) in [6.07, 6.45) is 1.74. The zero-order valence-electron chi connectivity index (χ0n) is 10.5. The van der Waals surface area contributed by atoms with Crippen molar-refractivity contribution in [2.75, 3.05) is 5.32 Å². The highest BCUT2D eigenvalue weighted by molar-refractivity contribution is 7.09. The van der Waals surface area contributed by atoms with Gasteiger partial charge in [0.15, 0.2) is 0 Å². The van der Waals surface area contributed by atoms with E-state index in [4.69, 9.17) is 0 Å². The lowest BCUT2D eigenvalue weighted by Gasteiger charge is -2.18. The molecule has 1 N–H and O–H groups in total. The molecule has 0 radical (unpaired) electrons. The van der Waals surface area contributed by atoms with Gasteiger partial charge in [0.1, 0.15) is 5.00 Å². The average molecular weight is 248 g/mol. The maximum atomic E-state index is 4.52. The van der Waals surface area contributed by atoms with Crippen LogP contribution in [0.3, 0.4) is 0 Å². The van der Waals surface area contributed by atoms with Crippen molar-refractivity contribution < 1.29 is 0 Å². The number of rotatable bonds is 3. The van der Waals surface area contributed by atoms with E-state index in [0.717, 1.165) is 16.4 Å². The second kappa shape index (κ2) is 4.79. The van der Waals surface area contributed by atoms with Crippen molar-refractivity contribution in [3.8, 4) is 0 Å². The van der Waals surface area contributed by atoms with E-state index in [-0.39, 0.29) is 6.04 Å². The van der Waals surface area contributed by atoms with Gasteiger partial charge in [0.05, 0.1) is 12.2 Å². The zero-order valence-corrected chi connectivity index (χ0v) is 11.3. The predicted molar refractivity (Wildman–Crippen MR) is 70.4 cm³/mol. The number of hydrogen-bond acceptors (Lipinski definition) is 5. The summed E-state index contributed by atoms with van der Waals surface area (Å²) in [5.74, 6) is 0. The molecule has 1 unspecified atom stereocenters. The third kappa shape index (κ3) is 2.61. The van der Waals surface area contributed by atoms with Gasteiger partial charge >= 0.3 is 0 Å². The number of nitrogens with one attached hydrogen (secondary N) is 1. The lowest BCUT2D eigenvalue weighted by Crippen LogP contribution is -2.10. The summed E-state index contributed by atoms with van der Waals surface area (Å²) in [5.41, 5.74) is 4.67. The van der Waals surface area contributed by atoms with Crippen LogP contribution in [-0.4, -0.2) is 14.6 Å². The second-order valence-corrected chi connectivity index (χ2v) is 5.01. The van der Waals surface area contributed by atoms with Crippen molar-refractivity contribution >= 4 is 16.5 Å². The summed E-state index contributed by atoms with van der Waals surface area (Å²) >= 11 is 1.37. The summed E-state index contributed by atoms with van der Waals surface area (Å²) in [6.45, 7) is 8.33. The lowest BCUT2D eigenvalue weighted by atomic mass is 10.0. The highest BCUT2D eigenvalue weighted by Crippen LogP contribution is 2.25. The maximum absolute atomic E-state index is 4.52. The third-order valence-corrected chi connectivity index (χ3v) is 3.33. The van der Waals surface area contributed by atoms with Gasteiger partial charge in [-0.15, -0.1) is 5.10 Å². The third-order valence-electron chi connectivity index (χ3n) is 2.74. The van der Waals surface area contributed by atoms with Gasteiger partial charge in [-0.3, -0.25) is 4.98 Å². The van der Waals surface area contributed by atoms with Crippen molar-refractivity contribution in [3.63, 3.8) is 0 Å². The van der Waals surface area contributed by atoms with Crippen LogP contribution in [0.15, 0.2) is 12.3 Å². The largest absolute Gasteiger partial charge is 0.368 e. The number of nitrogens with zero attached hydrogens (tertiary/aromatic N) is 3. The van der Waals surface area contributed by atoms with Gasteiger partial charge < -0.3 is 5.32 Å².